The summed E-state index contributed by atoms with van der Waals surface area (Å²) in [5, 5.41) is 17.1. The van der Waals surface area contributed by atoms with Crippen molar-refractivity contribution in [1.82, 2.24) is 10.2 Å². The number of allylic oxidation sites excluding steroid dienone is 1. The number of nitrogens with zero attached hydrogens (tertiary/aromatic N) is 2. The summed E-state index contributed by atoms with van der Waals surface area (Å²) in [6.07, 6.45) is 0.995. The normalized spacial score (nSPS) is 15.7. The summed E-state index contributed by atoms with van der Waals surface area (Å²) >= 11 is 3.23. The van der Waals surface area contributed by atoms with Gasteiger partial charge < -0.3 is 10.5 Å². The molecular weight excluding hydrogens is 447 g/mol. The maximum Gasteiger partial charge on any atom is 0.244 e. The van der Waals surface area contributed by atoms with Crippen LogP contribution in [0.3, 0.4) is 0 Å². The third-order valence-corrected chi connectivity index (χ3v) is 5.71. The highest BCUT2D eigenvalue weighted by Gasteiger charge is 2.35. The zero-order valence-electron chi connectivity index (χ0n) is 16.5. The van der Waals surface area contributed by atoms with Crippen LogP contribution in [0.5, 0.6) is 5.88 Å². The Morgan fingerprint density at radius 1 is 1.27 bits per heavy atom. The van der Waals surface area contributed by atoms with E-state index in [0.29, 0.717) is 27.4 Å². The van der Waals surface area contributed by atoms with Crippen molar-refractivity contribution in [2.24, 2.45) is 11.7 Å². The number of aromatic amines is 1. The largest absolute Gasteiger partial charge is 0.420 e. The van der Waals surface area contributed by atoms with Crippen molar-refractivity contribution in [3.05, 3.63) is 80.9 Å². The minimum absolute atomic E-state index is 0.000721. The van der Waals surface area contributed by atoms with Gasteiger partial charge >= 0.3 is 0 Å². The van der Waals surface area contributed by atoms with Crippen molar-refractivity contribution in [2.75, 3.05) is 0 Å². The van der Waals surface area contributed by atoms with Crippen LogP contribution >= 0.6 is 15.9 Å². The molecule has 30 heavy (non-hydrogen) atoms. The Balaban J connectivity index is 1.84. The molecule has 0 aliphatic carbocycles. The van der Waals surface area contributed by atoms with E-state index in [0.717, 1.165) is 17.7 Å². The van der Waals surface area contributed by atoms with Gasteiger partial charge in [0.2, 0.25) is 11.8 Å². The van der Waals surface area contributed by atoms with Gasteiger partial charge in [0.25, 0.3) is 0 Å². The Morgan fingerprint density at radius 3 is 2.63 bits per heavy atom. The first-order chi connectivity index (χ1) is 14.4. The first-order valence-corrected chi connectivity index (χ1v) is 10.4. The van der Waals surface area contributed by atoms with Crippen LogP contribution in [0.25, 0.3) is 11.3 Å². The molecule has 0 saturated carbocycles. The van der Waals surface area contributed by atoms with E-state index in [1.807, 2.05) is 12.1 Å². The van der Waals surface area contributed by atoms with Gasteiger partial charge in [-0.3, -0.25) is 5.10 Å². The minimum Gasteiger partial charge on any atom is -0.420 e. The molecule has 2 heterocycles. The predicted octanol–water partition coefficient (Wildman–Crippen LogP) is 5.39. The van der Waals surface area contributed by atoms with E-state index in [1.165, 1.54) is 11.6 Å². The van der Waals surface area contributed by atoms with E-state index in [1.54, 1.807) is 12.1 Å². The maximum atomic E-state index is 13.8. The number of hydrogen-bond donors (Lipinski definition) is 2. The topological polar surface area (TPSA) is 87.7 Å². The van der Waals surface area contributed by atoms with Crippen molar-refractivity contribution in [2.45, 2.75) is 26.2 Å². The molecule has 1 aromatic heterocycles. The molecule has 5 nitrogen and oxygen atoms in total. The number of nitrogens with one attached hydrogen (secondary N) is 1. The minimum atomic E-state index is -0.528. The molecule has 0 fully saturated rings. The summed E-state index contributed by atoms with van der Waals surface area (Å²) in [6, 6.07) is 15.0. The van der Waals surface area contributed by atoms with E-state index in [2.05, 4.69) is 58.2 Å². The van der Waals surface area contributed by atoms with Gasteiger partial charge in [0.05, 0.1) is 21.6 Å². The Kier molecular flexibility index (Phi) is 5.35. The Bertz CT molecular complexity index is 1170. The second-order valence-corrected chi connectivity index (χ2v) is 8.57. The van der Waals surface area contributed by atoms with Crippen molar-refractivity contribution in [1.29, 1.82) is 5.26 Å². The number of nitriles is 1. The Labute approximate surface area is 182 Å². The first-order valence-electron chi connectivity index (χ1n) is 9.59. The molecule has 0 spiro atoms. The van der Waals surface area contributed by atoms with E-state index < -0.39 is 5.92 Å². The van der Waals surface area contributed by atoms with Gasteiger partial charge in [-0.1, -0.05) is 44.2 Å². The van der Waals surface area contributed by atoms with Crippen molar-refractivity contribution < 1.29 is 9.13 Å². The summed E-state index contributed by atoms with van der Waals surface area (Å²) in [7, 11) is 0. The molecule has 0 amide bonds. The van der Waals surface area contributed by atoms with E-state index in [4.69, 9.17) is 10.5 Å². The number of fused-ring (bicyclic) bond motifs is 1. The number of rotatable bonds is 4. The van der Waals surface area contributed by atoms with Crippen LogP contribution in [0.4, 0.5) is 4.39 Å². The lowest BCUT2D eigenvalue weighted by molar-refractivity contribution is 0.379. The Morgan fingerprint density at radius 2 is 2.00 bits per heavy atom. The van der Waals surface area contributed by atoms with Crippen molar-refractivity contribution in [3.63, 3.8) is 0 Å². The molecule has 3 N–H and O–H groups in total. The SMILES string of the molecule is CC(C)Cc1ccc(-c2[nH]nc3c2[C@@H](c2ccc(F)c(Br)c2)C(C#N)=C(N)O3)cc1. The summed E-state index contributed by atoms with van der Waals surface area (Å²) < 4.78 is 19.8. The van der Waals surface area contributed by atoms with Gasteiger partial charge in [0.1, 0.15) is 17.5 Å². The number of ether oxygens (including phenoxy) is 1. The third kappa shape index (κ3) is 3.59. The van der Waals surface area contributed by atoms with Crippen LogP contribution in [0.15, 0.2) is 58.4 Å². The number of halogens is 2. The van der Waals surface area contributed by atoms with Gasteiger partial charge in [-0.2, -0.15) is 5.26 Å². The lowest BCUT2D eigenvalue weighted by atomic mass is 9.83. The third-order valence-electron chi connectivity index (χ3n) is 5.10. The number of nitrogens with two attached hydrogens (primary N) is 1. The second-order valence-electron chi connectivity index (χ2n) is 7.71. The molecule has 152 valence electrons. The lowest BCUT2D eigenvalue weighted by Gasteiger charge is -2.24. The van der Waals surface area contributed by atoms with Gasteiger partial charge in [-0.25, -0.2) is 4.39 Å². The molecular formula is C23H20BrFN4O. The molecule has 0 bridgehead atoms. The van der Waals surface area contributed by atoms with Crippen molar-refractivity contribution in [3.8, 4) is 23.2 Å². The summed E-state index contributed by atoms with van der Waals surface area (Å²) in [4.78, 5) is 0. The fourth-order valence-electron chi connectivity index (χ4n) is 3.77. The molecule has 1 aliphatic rings. The number of hydrogen-bond acceptors (Lipinski definition) is 4. The van der Waals surface area contributed by atoms with Crippen LogP contribution in [-0.2, 0) is 6.42 Å². The van der Waals surface area contributed by atoms with Crippen LogP contribution < -0.4 is 10.5 Å². The number of benzene rings is 2. The number of aromatic nitrogens is 2. The maximum absolute atomic E-state index is 13.8. The summed E-state index contributed by atoms with van der Waals surface area (Å²) in [5.74, 6) is -0.0230. The van der Waals surface area contributed by atoms with Gasteiger partial charge in [-0.05, 0) is 51.5 Å². The highest BCUT2D eigenvalue weighted by molar-refractivity contribution is 9.10. The summed E-state index contributed by atoms with van der Waals surface area (Å²) in [5.41, 5.74) is 10.6. The average molecular weight is 467 g/mol. The molecule has 4 rings (SSSR count). The smallest absolute Gasteiger partial charge is 0.244 e. The highest BCUT2D eigenvalue weighted by atomic mass is 79.9. The first kappa shape index (κ1) is 20.2. The van der Waals surface area contributed by atoms with Crippen LogP contribution in [0.2, 0.25) is 0 Å². The summed E-state index contributed by atoms with van der Waals surface area (Å²) in [6.45, 7) is 4.37. The second kappa shape index (κ2) is 7.96. The Hall–Kier alpha value is -3.11. The molecule has 0 radical (unpaired) electrons. The zero-order chi connectivity index (χ0) is 21.4. The molecule has 3 aromatic rings. The number of H-pyrrole nitrogens is 1. The predicted molar refractivity (Wildman–Crippen MR) is 116 cm³/mol. The monoisotopic (exact) mass is 466 g/mol. The molecule has 1 atom stereocenters. The quantitative estimate of drug-likeness (QED) is 0.538. The lowest BCUT2D eigenvalue weighted by Crippen LogP contribution is -2.21. The van der Waals surface area contributed by atoms with E-state index in [9.17, 15) is 9.65 Å². The van der Waals surface area contributed by atoms with Crippen LogP contribution in [-0.4, -0.2) is 10.2 Å². The molecule has 1 aliphatic heterocycles. The zero-order valence-corrected chi connectivity index (χ0v) is 18.1. The van der Waals surface area contributed by atoms with Gasteiger partial charge in [0.15, 0.2) is 0 Å². The molecule has 0 unspecified atom stereocenters. The van der Waals surface area contributed by atoms with Gasteiger partial charge in [-0.15, -0.1) is 5.10 Å². The molecule has 2 aromatic carbocycles. The van der Waals surface area contributed by atoms with E-state index >= 15 is 0 Å². The van der Waals surface area contributed by atoms with Crippen molar-refractivity contribution >= 4 is 15.9 Å². The standard InChI is InChI=1S/C23H20BrFN4O/c1-12(2)9-13-3-5-14(6-4-13)21-20-19(15-7-8-18(25)17(24)10-15)16(11-26)22(27)30-23(20)29-28-21/h3-8,10,12,19H,9,27H2,1-2H3,(H,28,29)/t19-/m0/s1. The fraction of sp³-hybridized carbons (Fsp3) is 0.217. The van der Waals surface area contributed by atoms with Gasteiger partial charge in [0, 0.05) is 5.56 Å². The highest BCUT2D eigenvalue weighted by Crippen LogP contribution is 2.46. The van der Waals surface area contributed by atoms with Crippen LogP contribution in [0, 0.1) is 23.1 Å². The molecule has 7 heteroatoms. The van der Waals surface area contributed by atoms with E-state index in [-0.39, 0.29) is 17.3 Å². The molecule has 0 saturated heterocycles. The fourth-order valence-corrected chi connectivity index (χ4v) is 4.17. The van der Waals surface area contributed by atoms with Crippen LogP contribution in [0.1, 0.15) is 36.5 Å². The average Bonchev–Trinajstić information content (AvgIpc) is 3.12.